The van der Waals surface area contributed by atoms with Crippen LogP contribution in [0.4, 0.5) is 10.1 Å². The van der Waals surface area contributed by atoms with Crippen LogP contribution in [0.2, 0.25) is 5.02 Å². The predicted octanol–water partition coefficient (Wildman–Crippen LogP) is 5.23. The molecule has 0 bridgehead atoms. The zero-order valence-electron chi connectivity index (χ0n) is 18.0. The average molecular weight is 475 g/mol. The molecule has 0 fully saturated rings. The topological polar surface area (TPSA) is 66.5 Å². The van der Waals surface area contributed by atoms with Gasteiger partial charge in [-0.2, -0.15) is 4.31 Å². The number of hydrogen-bond acceptors (Lipinski definition) is 3. The van der Waals surface area contributed by atoms with Crippen molar-refractivity contribution in [1.82, 2.24) is 4.31 Å². The van der Waals surface area contributed by atoms with E-state index in [0.29, 0.717) is 5.69 Å². The summed E-state index contributed by atoms with van der Waals surface area (Å²) in [5, 5.41) is 2.87. The fraction of sp³-hybridized carbons (Fsp3) is 0.208. The minimum absolute atomic E-state index is 0.00438. The maximum atomic E-state index is 14.4. The summed E-state index contributed by atoms with van der Waals surface area (Å²) < 4.78 is 42.1. The van der Waals surface area contributed by atoms with Gasteiger partial charge in [-0.3, -0.25) is 4.79 Å². The van der Waals surface area contributed by atoms with E-state index in [2.05, 4.69) is 5.32 Å². The summed E-state index contributed by atoms with van der Waals surface area (Å²) in [6.07, 6.45) is 0. The third kappa shape index (κ3) is 5.35. The van der Waals surface area contributed by atoms with Gasteiger partial charge < -0.3 is 5.32 Å². The van der Waals surface area contributed by atoms with Crippen LogP contribution in [0.3, 0.4) is 0 Å². The number of para-hydroxylation sites is 1. The molecule has 0 unspecified atom stereocenters. The van der Waals surface area contributed by atoms with Crippen molar-refractivity contribution >= 4 is 33.2 Å². The molecule has 3 aromatic carbocycles. The van der Waals surface area contributed by atoms with Crippen LogP contribution in [0.15, 0.2) is 65.6 Å². The largest absolute Gasteiger partial charge is 0.324 e. The Hall–Kier alpha value is -2.74. The van der Waals surface area contributed by atoms with E-state index < -0.39 is 28.3 Å². The zero-order valence-corrected chi connectivity index (χ0v) is 19.6. The lowest BCUT2D eigenvalue weighted by Gasteiger charge is -2.23. The monoisotopic (exact) mass is 474 g/mol. The number of carbonyl (C=O) groups is 1. The van der Waals surface area contributed by atoms with Crippen LogP contribution in [-0.2, 0) is 21.4 Å². The van der Waals surface area contributed by atoms with Crippen molar-refractivity contribution in [2.75, 3.05) is 11.9 Å². The molecule has 0 aliphatic heterocycles. The number of anilines is 1. The number of aryl methyl sites for hydroxylation is 3. The van der Waals surface area contributed by atoms with Crippen LogP contribution in [0.5, 0.6) is 0 Å². The highest BCUT2D eigenvalue weighted by molar-refractivity contribution is 7.89. The lowest BCUT2D eigenvalue weighted by molar-refractivity contribution is -0.116. The van der Waals surface area contributed by atoms with Crippen LogP contribution < -0.4 is 5.32 Å². The van der Waals surface area contributed by atoms with E-state index in [0.717, 1.165) is 21.0 Å². The van der Waals surface area contributed by atoms with Crippen LogP contribution in [0.25, 0.3) is 0 Å². The molecule has 3 rings (SSSR count). The summed E-state index contributed by atoms with van der Waals surface area (Å²) in [7, 11) is -4.11. The van der Waals surface area contributed by atoms with Crippen LogP contribution >= 0.6 is 11.6 Å². The van der Waals surface area contributed by atoms with Crippen LogP contribution in [0.1, 0.15) is 22.3 Å². The maximum absolute atomic E-state index is 14.4. The molecule has 0 saturated heterocycles. The van der Waals surface area contributed by atoms with E-state index in [-0.39, 0.29) is 22.0 Å². The Balaban J connectivity index is 1.96. The Morgan fingerprint density at radius 1 is 0.969 bits per heavy atom. The van der Waals surface area contributed by atoms with Crippen molar-refractivity contribution in [3.8, 4) is 0 Å². The first-order valence-electron chi connectivity index (χ1n) is 9.95. The lowest BCUT2D eigenvalue weighted by atomic mass is 10.1. The molecule has 1 N–H and O–H groups in total. The van der Waals surface area contributed by atoms with Crippen LogP contribution in [0, 0.1) is 26.6 Å². The summed E-state index contributed by atoms with van der Waals surface area (Å²) in [6.45, 7) is 4.65. The van der Waals surface area contributed by atoms with Crippen molar-refractivity contribution in [1.29, 1.82) is 0 Å². The molecule has 5 nitrogen and oxygen atoms in total. The molecular formula is C24H24ClFN2O3S. The highest BCUT2D eigenvalue weighted by Crippen LogP contribution is 2.25. The fourth-order valence-electron chi connectivity index (χ4n) is 3.30. The minimum atomic E-state index is -4.11. The molecule has 3 aromatic rings. The number of nitrogens with zero attached hydrogens (tertiary/aromatic N) is 1. The highest BCUT2D eigenvalue weighted by Gasteiger charge is 2.29. The molecule has 168 valence electrons. The van der Waals surface area contributed by atoms with Gasteiger partial charge in [0.1, 0.15) is 5.82 Å². The SMILES string of the molecule is Cc1ccc(S(=O)(=O)N(CC(=O)Nc2c(C)cccc2C)Cc2c(F)cccc2Cl)cc1. The van der Waals surface area contributed by atoms with E-state index in [1.54, 1.807) is 12.1 Å². The number of carbonyl (C=O) groups excluding carboxylic acids is 1. The smallest absolute Gasteiger partial charge is 0.243 e. The second-order valence-corrected chi connectivity index (χ2v) is 9.95. The summed E-state index contributed by atoms with van der Waals surface area (Å²) >= 11 is 6.14. The van der Waals surface area contributed by atoms with Crippen molar-refractivity contribution in [3.63, 3.8) is 0 Å². The Labute approximate surface area is 192 Å². The molecule has 0 atom stereocenters. The summed E-state index contributed by atoms with van der Waals surface area (Å²) in [5.74, 6) is -1.18. The van der Waals surface area contributed by atoms with Gasteiger partial charge in [0.15, 0.2) is 0 Å². The molecule has 32 heavy (non-hydrogen) atoms. The molecule has 0 spiro atoms. The van der Waals surface area contributed by atoms with Gasteiger partial charge in [0, 0.05) is 22.8 Å². The van der Waals surface area contributed by atoms with E-state index in [1.807, 2.05) is 39.0 Å². The number of hydrogen-bond donors (Lipinski definition) is 1. The van der Waals surface area contributed by atoms with Gasteiger partial charge in [-0.1, -0.05) is 53.6 Å². The maximum Gasteiger partial charge on any atom is 0.243 e. The van der Waals surface area contributed by atoms with Crippen molar-refractivity contribution in [2.45, 2.75) is 32.2 Å². The van der Waals surface area contributed by atoms with E-state index >= 15 is 0 Å². The molecule has 0 saturated carbocycles. The van der Waals surface area contributed by atoms with E-state index in [4.69, 9.17) is 11.6 Å². The molecule has 8 heteroatoms. The second kappa shape index (κ2) is 9.81. The zero-order chi connectivity index (χ0) is 23.5. The molecule has 0 aromatic heterocycles. The normalized spacial score (nSPS) is 11.6. The lowest BCUT2D eigenvalue weighted by Crippen LogP contribution is -2.38. The Morgan fingerprint density at radius 3 is 2.16 bits per heavy atom. The quantitative estimate of drug-likeness (QED) is 0.509. The van der Waals surface area contributed by atoms with Gasteiger partial charge in [-0.25, -0.2) is 12.8 Å². The number of nitrogens with one attached hydrogen (secondary N) is 1. The van der Waals surface area contributed by atoms with Gasteiger partial charge in [-0.15, -0.1) is 0 Å². The van der Waals surface area contributed by atoms with Crippen molar-refractivity contribution < 1.29 is 17.6 Å². The Morgan fingerprint density at radius 2 is 1.56 bits per heavy atom. The van der Waals surface area contributed by atoms with Gasteiger partial charge in [0.25, 0.3) is 0 Å². The van der Waals surface area contributed by atoms with Gasteiger partial charge in [-0.05, 0) is 56.2 Å². The third-order valence-corrected chi connectivity index (χ3v) is 7.28. The molecular weight excluding hydrogens is 451 g/mol. The Bertz CT molecular complexity index is 1200. The molecule has 1 amide bonds. The van der Waals surface area contributed by atoms with E-state index in [1.165, 1.54) is 30.3 Å². The molecule has 0 aliphatic rings. The fourth-order valence-corrected chi connectivity index (χ4v) is 4.88. The number of amides is 1. The number of benzene rings is 3. The minimum Gasteiger partial charge on any atom is -0.324 e. The van der Waals surface area contributed by atoms with Gasteiger partial charge in [0.2, 0.25) is 15.9 Å². The van der Waals surface area contributed by atoms with Gasteiger partial charge in [0.05, 0.1) is 11.4 Å². The number of halogens is 2. The molecule has 0 heterocycles. The van der Waals surface area contributed by atoms with Gasteiger partial charge >= 0.3 is 0 Å². The highest BCUT2D eigenvalue weighted by atomic mass is 35.5. The average Bonchev–Trinajstić information content (AvgIpc) is 2.73. The van der Waals surface area contributed by atoms with Crippen molar-refractivity contribution in [2.24, 2.45) is 0 Å². The number of rotatable bonds is 7. The summed E-state index contributed by atoms with van der Waals surface area (Å²) in [4.78, 5) is 12.9. The summed E-state index contributed by atoms with van der Waals surface area (Å²) in [6, 6.07) is 15.9. The predicted molar refractivity (Wildman–Crippen MR) is 125 cm³/mol. The third-order valence-electron chi connectivity index (χ3n) is 5.12. The first-order valence-corrected chi connectivity index (χ1v) is 11.8. The molecule has 0 radical (unpaired) electrons. The first-order chi connectivity index (χ1) is 15.1. The van der Waals surface area contributed by atoms with E-state index in [9.17, 15) is 17.6 Å². The Kier molecular flexibility index (Phi) is 7.33. The van der Waals surface area contributed by atoms with Crippen molar-refractivity contribution in [3.05, 3.63) is 93.8 Å². The molecule has 0 aliphatic carbocycles. The summed E-state index contributed by atoms with van der Waals surface area (Å²) in [5.41, 5.74) is 3.21. The number of sulfonamides is 1. The first kappa shape index (κ1) is 23.9. The standard InChI is InChI=1S/C24H24ClFN2O3S/c1-16-10-12-19(13-11-16)32(30,31)28(14-20-21(25)8-5-9-22(20)26)15-23(29)27-24-17(2)6-4-7-18(24)3/h4-13H,14-15H2,1-3H3,(H,27,29). The second-order valence-electron chi connectivity index (χ2n) is 7.60. The van der Waals surface area contributed by atoms with Crippen LogP contribution in [-0.4, -0.2) is 25.2 Å².